The second-order valence-electron chi connectivity index (χ2n) is 5.71. The molecule has 2 atom stereocenters. The Bertz CT molecular complexity index is 459. The summed E-state index contributed by atoms with van der Waals surface area (Å²) in [5.41, 5.74) is -0.291. The average molecular weight is 306 g/mol. The van der Waals surface area contributed by atoms with E-state index in [1.54, 1.807) is 6.07 Å². The van der Waals surface area contributed by atoms with Gasteiger partial charge in [0.25, 0.3) is 0 Å². The normalized spacial score (nSPS) is 23.6. The van der Waals surface area contributed by atoms with E-state index in [1.165, 1.54) is 18.9 Å². The number of hydrogen-bond acceptors (Lipinski definition) is 1. The van der Waals surface area contributed by atoms with Crippen LogP contribution in [0.3, 0.4) is 0 Å². The molecule has 1 aliphatic carbocycles. The maximum atomic E-state index is 12.8. The maximum Gasteiger partial charge on any atom is 0.417 e. The quantitative estimate of drug-likeness (QED) is 0.766. The SMILES string of the molecule is CC1CCCC(CNc2ccc(Cl)c(C(F)(F)F)c2)C1. The minimum absolute atomic E-state index is 0.255. The third kappa shape index (κ3) is 4.05. The van der Waals surface area contributed by atoms with Gasteiger partial charge in [-0.2, -0.15) is 13.2 Å². The predicted octanol–water partition coefficient (Wildman–Crippen LogP) is 5.60. The number of hydrogen-bond donors (Lipinski definition) is 1. The molecule has 1 aliphatic rings. The van der Waals surface area contributed by atoms with Gasteiger partial charge in [-0.25, -0.2) is 0 Å². The summed E-state index contributed by atoms with van der Waals surface area (Å²) < 4.78 is 38.3. The minimum atomic E-state index is -4.41. The smallest absolute Gasteiger partial charge is 0.385 e. The van der Waals surface area contributed by atoms with E-state index >= 15 is 0 Å². The summed E-state index contributed by atoms with van der Waals surface area (Å²) in [6, 6.07) is 3.99. The first-order valence-electron chi connectivity index (χ1n) is 6.97. The summed E-state index contributed by atoms with van der Waals surface area (Å²) >= 11 is 5.60. The number of benzene rings is 1. The van der Waals surface area contributed by atoms with Crippen LogP contribution in [0.15, 0.2) is 18.2 Å². The molecule has 0 aliphatic heterocycles. The highest BCUT2D eigenvalue weighted by Gasteiger charge is 2.33. The summed E-state index contributed by atoms with van der Waals surface area (Å²) in [4.78, 5) is 0. The van der Waals surface area contributed by atoms with Gasteiger partial charge in [0.2, 0.25) is 0 Å². The van der Waals surface area contributed by atoms with Gasteiger partial charge in [-0.15, -0.1) is 0 Å². The Morgan fingerprint density at radius 2 is 2.05 bits per heavy atom. The van der Waals surface area contributed by atoms with E-state index in [0.717, 1.165) is 25.5 Å². The van der Waals surface area contributed by atoms with Crippen LogP contribution in [0.4, 0.5) is 18.9 Å². The van der Waals surface area contributed by atoms with Crippen molar-refractivity contribution in [2.45, 2.75) is 38.8 Å². The lowest BCUT2D eigenvalue weighted by Gasteiger charge is -2.27. The molecule has 0 aromatic heterocycles. The minimum Gasteiger partial charge on any atom is -0.385 e. The lowest BCUT2D eigenvalue weighted by atomic mass is 9.82. The van der Waals surface area contributed by atoms with E-state index in [2.05, 4.69) is 12.2 Å². The van der Waals surface area contributed by atoms with Crippen molar-refractivity contribution in [3.8, 4) is 0 Å². The van der Waals surface area contributed by atoms with Crippen molar-refractivity contribution in [1.82, 2.24) is 0 Å². The first-order valence-corrected chi connectivity index (χ1v) is 7.34. The van der Waals surface area contributed by atoms with Crippen molar-refractivity contribution in [1.29, 1.82) is 0 Å². The highest BCUT2D eigenvalue weighted by molar-refractivity contribution is 6.31. The van der Waals surface area contributed by atoms with Crippen LogP contribution in [-0.2, 0) is 6.18 Å². The molecule has 1 aromatic carbocycles. The third-order valence-corrected chi connectivity index (χ3v) is 4.24. The van der Waals surface area contributed by atoms with Gasteiger partial charge < -0.3 is 5.32 Å². The number of nitrogens with one attached hydrogen (secondary N) is 1. The molecule has 2 unspecified atom stereocenters. The lowest BCUT2D eigenvalue weighted by Crippen LogP contribution is -2.21. The van der Waals surface area contributed by atoms with Crippen LogP contribution in [0.1, 0.15) is 38.2 Å². The van der Waals surface area contributed by atoms with Gasteiger partial charge >= 0.3 is 6.18 Å². The largest absolute Gasteiger partial charge is 0.417 e. The van der Waals surface area contributed by atoms with E-state index in [1.807, 2.05) is 0 Å². The van der Waals surface area contributed by atoms with Crippen molar-refractivity contribution < 1.29 is 13.2 Å². The summed E-state index contributed by atoms with van der Waals surface area (Å²) in [6.45, 7) is 2.96. The van der Waals surface area contributed by atoms with Crippen molar-refractivity contribution >= 4 is 17.3 Å². The fraction of sp³-hybridized carbons (Fsp3) is 0.600. The van der Waals surface area contributed by atoms with Gasteiger partial charge in [0.05, 0.1) is 10.6 Å². The van der Waals surface area contributed by atoms with Gasteiger partial charge in [0.15, 0.2) is 0 Å². The molecule has 1 nitrogen and oxygen atoms in total. The van der Waals surface area contributed by atoms with Crippen LogP contribution in [0.5, 0.6) is 0 Å². The second kappa shape index (κ2) is 6.25. The fourth-order valence-electron chi connectivity index (χ4n) is 2.86. The Morgan fingerprint density at radius 3 is 2.70 bits per heavy atom. The van der Waals surface area contributed by atoms with E-state index in [4.69, 9.17) is 11.6 Å². The predicted molar refractivity (Wildman–Crippen MR) is 76.1 cm³/mol. The summed E-state index contributed by atoms with van der Waals surface area (Å²) in [6.07, 6.45) is 0.357. The van der Waals surface area contributed by atoms with Gasteiger partial charge in [-0.05, 0) is 42.9 Å². The zero-order valence-electron chi connectivity index (χ0n) is 11.4. The molecular weight excluding hydrogens is 287 g/mol. The fourth-order valence-corrected chi connectivity index (χ4v) is 3.08. The van der Waals surface area contributed by atoms with Crippen LogP contribution in [-0.4, -0.2) is 6.54 Å². The molecule has 1 saturated carbocycles. The van der Waals surface area contributed by atoms with Gasteiger partial charge in [0.1, 0.15) is 0 Å². The maximum absolute atomic E-state index is 12.8. The molecule has 20 heavy (non-hydrogen) atoms. The summed E-state index contributed by atoms with van der Waals surface area (Å²) in [5.74, 6) is 1.26. The van der Waals surface area contributed by atoms with Crippen molar-refractivity contribution in [3.63, 3.8) is 0 Å². The highest BCUT2D eigenvalue weighted by atomic mass is 35.5. The van der Waals surface area contributed by atoms with Crippen molar-refractivity contribution in [2.75, 3.05) is 11.9 Å². The lowest BCUT2D eigenvalue weighted by molar-refractivity contribution is -0.137. The zero-order chi connectivity index (χ0) is 14.8. The van der Waals surface area contributed by atoms with E-state index in [0.29, 0.717) is 17.5 Å². The molecular formula is C15H19ClF3N. The Kier molecular flexibility index (Phi) is 4.84. The summed E-state index contributed by atoms with van der Waals surface area (Å²) in [7, 11) is 0. The molecule has 0 spiro atoms. The Morgan fingerprint density at radius 1 is 1.30 bits per heavy atom. The number of anilines is 1. The van der Waals surface area contributed by atoms with E-state index in [9.17, 15) is 13.2 Å². The van der Waals surface area contributed by atoms with Crippen LogP contribution in [0, 0.1) is 11.8 Å². The molecule has 1 fully saturated rings. The number of halogens is 4. The number of alkyl halides is 3. The molecule has 112 valence electrons. The molecule has 0 bridgehead atoms. The molecule has 5 heteroatoms. The Balaban J connectivity index is 1.99. The molecule has 0 saturated heterocycles. The molecule has 0 heterocycles. The van der Waals surface area contributed by atoms with Crippen LogP contribution in [0.25, 0.3) is 0 Å². The topological polar surface area (TPSA) is 12.0 Å². The molecule has 1 N–H and O–H groups in total. The molecule has 0 radical (unpaired) electrons. The van der Waals surface area contributed by atoms with Gasteiger partial charge in [0, 0.05) is 12.2 Å². The van der Waals surface area contributed by atoms with E-state index < -0.39 is 11.7 Å². The highest BCUT2D eigenvalue weighted by Crippen LogP contribution is 2.36. The molecule has 0 amide bonds. The van der Waals surface area contributed by atoms with Crippen molar-refractivity contribution in [3.05, 3.63) is 28.8 Å². The monoisotopic (exact) mass is 305 g/mol. The first kappa shape index (κ1) is 15.5. The summed E-state index contributed by atoms with van der Waals surface area (Å²) in [5, 5.41) is 2.86. The zero-order valence-corrected chi connectivity index (χ0v) is 12.2. The third-order valence-electron chi connectivity index (χ3n) is 3.91. The van der Waals surface area contributed by atoms with Gasteiger partial charge in [-0.3, -0.25) is 0 Å². The number of rotatable bonds is 3. The van der Waals surface area contributed by atoms with E-state index in [-0.39, 0.29) is 5.02 Å². The van der Waals surface area contributed by atoms with Crippen LogP contribution >= 0.6 is 11.6 Å². The first-order chi connectivity index (χ1) is 9.36. The Hall–Kier alpha value is -0.900. The van der Waals surface area contributed by atoms with Gasteiger partial charge in [-0.1, -0.05) is 31.4 Å². The second-order valence-corrected chi connectivity index (χ2v) is 6.12. The van der Waals surface area contributed by atoms with Crippen molar-refractivity contribution in [2.24, 2.45) is 11.8 Å². The standard InChI is InChI=1S/C15H19ClF3N/c1-10-3-2-4-11(7-10)9-20-12-5-6-14(16)13(8-12)15(17,18)19/h5-6,8,10-11,20H,2-4,7,9H2,1H3. The van der Waals surface area contributed by atoms with Crippen LogP contribution < -0.4 is 5.32 Å². The molecule has 1 aromatic rings. The average Bonchev–Trinajstić information content (AvgIpc) is 2.36. The Labute approximate surface area is 122 Å². The van der Waals surface area contributed by atoms with Crippen LogP contribution in [0.2, 0.25) is 5.02 Å². The molecule has 2 rings (SSSR count).